The van der Waals surface area contributed by atoms with Crippen LogP contribution in [0.25, 0.3) is 5.69 Å². The summed E-state index contributed by atoms with van der Waals surface area (Å²) in [5.74, 6) is 1.50. The second-order valence-electron chi connectivity index (χ2n) is 8.83. The van der Waals surface area contributed by atoms with Gasteiger partial charge in [0.05, 0.1) is 43.4 Å². The van der Waals surface area contributed by atoms with E-state index in [-0.39, 0.29) is 17.8 Å². The Morgan fingerprint density at radius 3 is 2.51 bits per heavy atom. The van der Waals surface area contributed by atoms with Crippen molar-refractivity contribution in [2.24, 2.45) is 0 Å². The highest BCUT2D eigenvalue weighted by molar-refractivity contribution is 7.80. The highest BCUT2D eigenvalue weighted by Crippen LogP contribution is 2.47. The first-order valence-electron chi connectivity index (χ1n) is 11.7. The van der Waals surface area contributed by atoms with E-state index in [1.807, 2.05) is 54.8 Å². The molecule has 4 aromatic rings. The Hall–Kier alpha value is -3.75. The summed E-state index contributed by atoms with van der Waals surface area (Å²) >= 11 is 12.2. The van der Waals surface area contributed by atoms with Crippen molar-refractivity contribution in [1.29, 1.82) is 0 Å². The molecule has 0 aliphatic carbocycles. The van der Waals surface area contributed by atoms with Crippen molar-refractivity contribution >= 4 is 34.6 Å². The molecule has 0 radical (unpaired) electrons. The summed E-state index contributed by atoms with van der Waals surface area (Å²) in [7, 11) is 3.27. The van der Waals surface area contributed by atoms with Crippen molar-refractivity contribution in [2.75, 3.05) is 19.1 Å². The molecule has 0 spiro atoms. The monoisotopic (exact) mass is 534 g/mol. The van der Waals surface area contributed by atoms with Crippen LogP contribution in [0, 0.1) is 13.8 Å². The Bertz CT molecular complexity index is 1470. The Labute approximate surface area is 226 Å². The van der Waals surface area contributed by atoms with Gasteiger partial charge in [0.1, 0.15) is 17.2 Å². The summed E-state index contributed by atoms with van der Waals surface area (Å²) in [6, 6.07) is 18.1. The molecule has 1 aliphatic rings. The number of hydrogen-bond donors (Lipinski definition) is 2. The molecule has 9 heteroatoms. The third kappa shape index (κ3) is 4.36. The molecule has 2 aromatic carbocycles. The van der Waals surface area contributed by atoms with Gasteiger partial charge in [-0.25, -0.2) is 0 Å². The number of aromatic nitrogens is 2. The number of methoxy groups -OCH3 is 2. The van der Waals surface area contributed by atoms with Gasteiger partial charge in [-0.15, -0.1) is 0 Å². The van der Waals surface area contributed by atoms with Gasteiger partial charge in [0.2, 0.25) is 0 Å². The highest BCUT2D eigenvalue weighted by Gasteiger charge is 2.43. The molecule has 3 heterocycles. The zero-order valence-corrected chi connectivity index (χ0v) is 22.5. The van der Waals surface area contributed by atoms with E-state index in [4.69, 9.17) is 33.3 Å². The third-order valence-electron chi connectivity index (χ3n) is 6.71. The first kappa shape index (κ1) is 24.9. The number of pyridine rings is 1. The number of aromatic hydroxyl groups is 1. The second-order valence-corrected chi connectivity index (χ2v) is 9.65. The van der Waals surface area contributed by atoms with Crippen molar-refractivity contribution in [3.63, 3.8) is 0 Å². The minimum absolute atomic E-state index is 0.144. The van der Waals surface area contributed by atoms with E-state index in [2.05, 4.69) is 21.3 Å². The largest absolute Gasteiger partial charge is 0.506 e. The van der Waals surface area contributed by atoms with Crippen molar-refractivity contribution in [1.82, 2.24) is 14.9 Å². The van der Waals surface area contributed by atoms with Gasteiger partial charge in [0.25, 0.3) is 0 Å². The van der Waals surface area contributed by atoms with Crippen molar-refractivity contribution in [3.8, 4) is 22.9 Å². The van der Waals surface area contributed by atoms with Crippen LogP contribution in [0.5, 0.6) is 17.2 Å². The van der Waals surface area contributed by atoms with Gasteiger partial charge in [-0.3, -0.25) is 4.98 Å². The fourth-order valence-corrected chi connectivity index (χ4v) is 5.55. The van der Waals surface area contributed by atoms with Gasteiger partial charge < -0.3 is 29.4 Å². The lowest BCUT2D eigenvalue weighted by atomic mass is 9.96. The first-order chi connectivity index (χ1) is 17.8. The Balaban J connectivity index is 1.73. The van der Waals surface area contributed by atoms with Gasteiger partial charge in [-0.2, -0.15) is 0 Å². The van der Waals surface area contributed by atoms with Gasteiger partial charge >= 0.3 is 0 Å². The summed E-state index contributed by atoms with van der Waals surface area (Å²) in [6.45, 7) is 4.03. The molecular weight excluding hydrogens is 508 g/mol. The molecule has 0 unspecified atom stereocenters. The van der Waals surface area contributed by atoms with Crippen LogP contribution >= 0.6 is 23.8 Å². The first-order valence-corrected chi connectivity index (χ1v) is 12.5. The maximum absolute atomic E-state index is 10.7. The van der Waals surface area contributed by atoms with E-state index in [1.165, 1.54) is 0 Å². The average molecular weight is 535 g/mol. The molecule has 0 bridgehead atoms. The lowest BCUT2D eigenvalue weighted by molar-refractivity contribution is 0.403. The molecule has 1 fully saturated rings. The van der Waals surface area contributed by atoms with Gasteiger partial charge in [-0.1, -0.05) is 17.7 Å². The van der Waals surface area contributed by atoms with Gasteiger partial charge in [-0.05, 0) is 80.2 Å². The van der Waals surface area contributed by atoms with Crippen LogP contribution < -0.4 is 19.7 Å². The molecule has 37 heavy (non-hydrogen) atoms. The van der Waals surface area contributed by atoms with E-state index >= 15 is 0 Å². The fourth-order valence-electron chi connectivity index (χ4n) is 5.05. The number of halogens is 1. The minimum Gasteiger partial charge on any atom is -0.506 e. The van der Waals surface area contributed by atoms with Crippen LogP contribution in [0.2, 0.25) is 5.02 Å². The van der Waals surface area contributed by atoms with E-state index in [0.717, 1.165) is 28.3 Å². The molecule has 1 saturated heterocycles. The van der Waals surface area contributed by atoms with Crippen LogP contribution in [0.3, 0.4) is 0 Å². The summed E-state index contributed by atoms with van der Waals surface area (Å²) in [5, 5.41) is 15.3. The number of nitrogens with one attached hydrogen (secondary N) is 1. The van der Waals surface area contributed by atoms with E-state index < -0.39 is 0 Å². The summed E-state index contributed by atoms with van der Waals surface area (Å²) in [6.07, 6.45) is 1.78. The zero-order valence-electron chi connectivity index (χ0n) is 20.9. The molecule has 2 aromatic heterocycles. The van der Waals surface area contributed by atoms with E-state index in [9.17, 15) is 5.11 Å². The Kier molecular flexibility index (Phi) is 6.70. The van der Waals surface area contributed by atoms with E-state index in [0.29, 0.717) is 27.3 Å². The fraction of sp³-hybridized carbons (Fsp3) is 0.214. The quantitative estimate of drug-likeness (QED) is 0.292. The highest BCUT2D eigenvalue weighted by atomic mass is 35.5. The van der Waals surface area contributed by atoms with Crippen molar-refractivity contribution in [3.05, 3.63) is 94.5 Å². The lowest BCUT2D eigenvalue weighted by Gasteiger charge is -2.29. The second kappa shape index (κ2) is 9.95. The zero-order chi connectivity index (χ0) is 26.3. The summed E-state index contributed by atoms with van der Waals surface area (Å²) < 4.78 is 13.3. The number of anilines is 1. The molecule has 190 valence electrons. The normalized spacial score (nSPS) is 17.1. The number of nitrogens with zero attached hydrogens (tertiary/aromatic N) is 3. The smallest absolute Gasteiger partial charge is 0.174 e. The third-order valence-corrected chi connectivity index (χ3v) is 7.26. The number of ether oxygens (including phenoxy) is 2. The predicted octanol–water partition coefficient (Wildman–Crippen LogP) is 6.04. The molecular formula is C28H27ClN4O3S. The molecule has 2 N–H and O–H groups in total. The lowest BCUT2D eigenvalue weighted by Crippen LogP contribution is -2.30. The number of benzene rings is 2. The molecule has 5 rings (SSSR count). The summed E-state index contributed by atoms with van der Waals surface area (Å²) in [5.41, 5.74) is 5.15. The number of rotatable bonds is 6. The minimum atomic E-state index is -0.273. The van der Waals surface area contributed by atoms with Crippen LogP contribution in [0.4, 0.5) is 5.69 Å². The molecule has 0 amide bonds. The maximum atomic E-state index is 10.7. The Morgan fingerprint density at radius 1 is 1.00 bits per heavy atom. The SMILES string of the molecule is COc1ccc(OC)c(N2C(=S)N[C@H](c3ccccn3)[C@@H]2c2cc(C)n(-c3cc(Cl)ccc3O)c2C)c1. The van der Waals surface area contributed by atoms with Gasteiger partial charge in [0.15, 0.2) is 5.11 Å². The molecule has 0 saturated carbocycles. The molecule has 7 nitrogen and oxygen atoms in total. The van der Waals surface area contributed by atoms with Crippen LogP contribution in [-0.2, 0) is 0 Å². The standard InChI is InChI=1S/C28H27ClN4O3S/c1-16-13-20(17(2)32(16)22-14-18(29)8-10-24(22)34)27-26(21-7-5-6-12-30-21)31-28(37)33(27)23-15-19(35-3)9-11-25(23)36-4/h5-15,26-27,34H,1-4H3,(H,31,37)/t26-,27+/m1/s1. The summed E-state index contributed by atoms with van der Waals surface area (Å²) in [4.78, 5) is 6.70. The number of hydrogen-bond acceptors (Lipinski definition) is 5. The number of thiocarbonyl (C=S) groups is 1. The number of phenolic OH excluding ortho intramolecular Hbond substituents is 1. The average Bonchev–Trinajstić information content (AvgIpc) is 3.40. The maximum Gasteiger partial charge on any atom is 0.174 e. The molecule has 1 aliphatic heterocycles. The van der Waals surface area contributed by atoms with Gasteiger partial charge in [0, 0.05) is 28.7 Å². The number of phenols is 1. The molecule has 2 atom stereocenters. The van der Waals surface area contributed by atoms with Crippen LogP contribution in [0.1, 0.15) is 34.7 Å². The predicted molar refractivity (Wildman–Crippen MR) is 149 cm³/mol. The van der Waals surface area contributed by atoms with E-state index in [1.54, 1.807) is 38.6 Å². The Morgan fingerprint density at radius 2 is 1.81 bits per heavy atom. The van der Waals surface area contributed by atoms with Crippen LogP contribution in [-0.4, -0.2) is 34.0 Å². The topological polar surface area (TPSA) is 71.8 Å². The number of aryl methyl sites for hydroxylation is 1. The van der Waals surface area contributed by atoms with Crippen molar-refractivity contribution in [2.45, 2.75) is 25.9 Å². The van der Waals surface area contributed by atoms with Crippen LogP contribution in [0.15, 0.2) is 66.9 Å². The van der Waals surface area contributed by atoms with Crippen molar-refractivity contribution < 1.29 is 14.6 Å².